The second-order valence-electron chi connectivity index (χ2n) is 4.77. The molecular formula is C17H14BrNO3. The third kappa shape index (κ3) is 3.20. The van der Waals surface area contributed by atoms with Crippen LogP contribution >= 0.6 is 15.9 Å². The van der Waals surface area contributed by atoms with Crippen LogP contribution in [0.4, 0.5) is 0 Å². The molecule has 0 unspecified atom stereocenters. The fourth-order valence-corrected chi connectivity index (χ4v) is 2.43. The molecule has 1 aromatic carbocycles. The van der Waals surface area contributed by atoms with Gasteiger partial charge in [0.15, 0.2) is 0 Å². The lowest BCUT2D eigenvalue weighted by molar-refractivity contribution is 0.320. The van der Waals surface area contributed by atoms with Crippen LogP contribution in [0.2, 0.25) is 0 Å². The highest BCUT2D eigenvalue weighted by molar-refractivity contribution is 9.09. The van der Waals surface area contributed by atoms with E-state index in [0.29, 0.717) is 17.9 Å². The molecule has 0 aliphatic heterocycles. The van der Waals surface area contributed by atoms with Crippen molar-refractivity contribution in [3.8, 4) is 16.9 Å². The van der Waals surface area contributed by atoms with E-state index in [-0.39, 0.29) is 0 Å². The minimum Gasteiger partial charge on any atom is -0.493 e. The summed E-state index contributed by atoms with van der Waals surface area (Å²) in [6, 6.07) is 10.9. The Morgan fingerprint density at radius 1 is 1.18 bits per heavy atom. The third-order valence-electron chi connectivity index (χ3n) is 3.24. The highest BCUT2D eigenvalue weighted by Gasteiger charge is 2.08. The Morgan fingerprint density at radius 2 is 2.09 bits per heavy atom. The Bertz CT molecular complexity index is 830. The number of nitrogens with zero attached hydrogens (tertiary/aromatic N) is 1. The largest absolute Gasteiger partial charge is 0.493 e. The number of benzene rings is 1. The summed E-state index contributed by atoms with van der Waals surface area (Å²) in [5.74, 6) is 0.560. The Balaban J connectivity index is 2.04. The van der Waals surface area contributed by atoms with Crippen molar-refractivity contribution < 1.29 is 9.15 Å². The molecule has 5 heteroatoms. The summed E-state index contributed by atoms with van der Waals surface area (Å²) in [4.78, 5) is 15.8. The zero-order valence-electron chi connectivity index (χ0n) is 11.8. The summed E-state index contributed by atoms with van der Waals surface area (Å²) in [7, 11) is 0. The van der Waals surface area contributed by atoms with Crippen molar-refractivity contribution in [3.05, 3.63) is 59.2 Å². The molecule has 112 valence electrons. The van der Waals surface area contributed by atoms with E-state index < -0.39 is 5.63 Å². The lowest BCUT2D eigenvalue weighted by Gasteiger charge is -2.08. The number of ether oxygens (including phenoxy) is 1. The Hall–Kier alpha value is -2.14. The summed E-state index contributed by atoms with van der Waals surface area (Å²) < 4.78 is 11.0. The highest BCUT2D eigenvalue weighted by Crippen LogP contribution is 2.28. The topological polar surface area (TPSA) is 52.3 Å². The van der Waals surface area contributed by atoms with Gasteiger partial charge in [-0.2, -0.15) is 0 Å². The molecule has 0 fully saturated rings. The highest BCUT2D eigenvalue weighted by atomic mass is 79.9. The molecule has 0 saturated heterocycles. The van der Waals surface area contributed by atoms with Crippen molar-refractivity contribution >= 4 is 26.9 Å². The number of alkyl halides is 1. The Morgan fingerprint density at radius 3 is 2.86 bits per heavy atom. The van der Waals surface area contributed by atoms with Crippen molar-refractivity contribution in [2.24, 2.45) is 0 Å². The van der Waals surface area contributed by atoms with Gasteiger partial charge in [0.1, 0.15) is 11.3 Å². The van der Waals surface area contributed by atoms with E-state index in [1.807, 2.05) is 30.3 Å². The predicted molar refractivity (Wildman–Crippen MR) is 89.6 cm³/mol. The normalized spacial score (nSPS) is 10.8. The molecule has 3 aromatic rings. The SMILES string of the molecule is O=c1cc(OCCCBr)c2ccc(-c3cccnc3)cc2o1. The zero-order valence-corrected chi connectivity index (χ0v) is 13.4. The van der Waals surface area contributed by atoms with Crippen LogP contribution in [0.25, 0.3) is 22.1 Å². The van der Waals surface area contributed by atoms with Crippen LogP contribution in [0.15, 0.2) is 58.0 Å². The van der Waals surface area contributed by atoms with E-state index in [0.717, 1.165) is 28.3 Å². The van der Waals surface area contributed by atoms with Crippen molar-refractivity contribution in [3.63, 3.8) is 0 Å². The van der Waals surface area contributed by atoms with Gasteiger partial charge >= 0.3 is 5.63 Å². The number of hydrogen-bond donors (Lipinski definition) is 0. The van der Waals surface area contributed by atoms with Gasteiger partial charge in [-0.25, -0.2) is 4.79 Å². The summed E-state index contributed by atoms with van der Waals surface area (Å²) >= 11 is 3.36. The van der Waals surface area contributed by atoms with Gasteiger partial charge in [-0.05, 0) is 30.2 Å². The van der Waals surface area contributed by atoms with Gasteiger partial charge in [0.05, 0.1) is 18.1 Å². The van der Waals surface area contributed by atoms with Gasteiger partial charge < -0.3 is 9.15 Å². The predicted octanol–water partition coefficient (Wildman–Crippen LogP) is 4.02. The van der Waals surface area contributed by atoms with Crippen LogP contribution in [-0.2, 0) is 0 Å². The lowest BCUT2D eigenvalue weighted by Crippen LogP contribution is -2.03. The quantitative estimate of drug-likeness (QED) is 0.392. The molecule has 2 aromatic heterocycles. The number of halogens is 1. The van der Waals surface area contributed by atoms with Gasteiger partial charge in [-0.15, -0.1) is 0 Å². The van der Waals surface area contributed by atoms with Gasteiger partial charge in [-0.3, -0.25) is 4.98 Å². The van der Waals surface area contributed by atoms with Gasteiger partial charge in [0.2, 0.25) is 0 Å². The first-order chi connectivity index (χ1) is 10.8. The van der Waals surface area contributed by atoms with Gasteiger partial charge in [0, 0.05) is 23.3 Å². The maximum absolute atomic E-state index is 11.7. The van der Waals surface area contributed by atoms with Crippen molar-refractivity contribution in [2.45, 2.75) is 6.42 Å². The molecule has 0 aliphatic rings. The first-order valence-electron chi connectivity index (χ1n) is 6.95. The number of aromatic nitrogens is 1. The average molecular weight is 360 g/mol. The van der Waals surface area contributed by atoms with E-state index >= 15 is 0 Å². The van der Waals surface area contributed by atoms with E-state index in [2.05, 4.69) is 20.9 Å². The third-order valence-corrected chi connectivity index (χ3v) is 3.80. The fourth-order valence-electron chi connectivity index (χ4n) is 2.20. The molecule has 2 heterocycles. The molecule has 0 N–H and O–H groups in total. The number of hydrogen-bond acceptors (Lipinski definition) is 4. The second kappa shape index (κ2) is 6.75. The molecule has 0 spiro atoms. The molecule has 0 amide bonds. The Labute approximate surface area is 135 Å². The van der Waals surface area contributed by atoms with E-state index in [1.54, 1.807) is 12.4 Å². The molecule has 3 rings (SSSR count). The summed E-state index contributed by atoms with van der Waals surface area (Å²) in [5.41, 5.74) is 2.02. The number of rotatable bonds is 5. The van der Waals surface area contributed by atoms with Crippen molar-refractivity contribution in [1.29, 1.82) is 0 Å². The van der Waals surface area contributed by atoms with Crippen LogP contribution in [0, 0.1) is 0 Å². The van der Waals surface area contributed by atoms with Crippen LogP contribution in [-0.4, -0.2) is 16.9 Å². The van der Waals surface area contributed by atoms with Crippen LogP contribution in [0.3, 0.4) is 0 Å². The Kier molecular flexibility index (Phi) is 4.53. The molecule has 22 heavy (non-hydrogen) atoms. The maximum atomic E-state index is 11.7. The molecule has 0 saturated carbocycles. The molecule has 4 nitrogen and oxygen atoms in total. The average Bonchev–Trinajstić information content (AvgIpc) is 2.55. The monoisotopic (exact) mass is 359 g/mol. The fraction of sp³-hybridized carbons (Fsp3) is 0.176. The summed E-state index contributed by atoms with van der Waals surface area (Å²) in [5, 5.41) is 1.65. The molecule has 0 atom stereocenters. The lowest BCUT2D eigenvalue weighted by atomic mass is 10.1. The molecule has 0 bridgehead atoms. The maximum Gasteiger partial charge on any atom is 0.339 e. The van der Waals surface area contributed by atoms with E-state index in [4.69, 9.17) is 9.15 Å². The van der Waals surface area contributed by atoms with Crippen molar-refractivity contribution in [2.75, 3.05) is 11.9 Å². The standard InChI is InChI=1S/C17H14BrNO3/c18-6-2-8-21-15-10-17(20)22-16-9-12(4-5-14(15)16)13-3-1-7-19-11-13/h1,3-5,7,9-11H,2,6,8H2. The summed E-state index contributed by atoms with van der Waals surface area (Å²) in [6.07, 6.45) is 4.37. The van der Waals surface area contributed by atoms with Gasteiger partial charge in [-0.1, -0.05) is 28.1 Å². The minimum atomic E-state index is -0.412. The minimum absolute atomic E-state index is 0.412. The van der Waals surface area contributed by atoms with Crippen LogP contribution in [0.1, 0.15) is 6.42 Å². The molecular weight excluding hydrogens is 346 g/mol. The second-order valence-corrected chi connectivity index (χ2v) is 5.57. The van der Waals surface area contributed by atoms with Crippen LogP contribution < -0.4 is 10.4 Å². The van der Waals surface area contributed by atoms with E-state index in [9.17, 15) is 4.79 Å². The molecule has 0 radical (unpaired) electrons. The first-order valence-corrected chi connectivity index (χ1v) is 8.07. The summed E-state index contributed by atoms with van der Waals surface area (Å²) in [6.45, 7) is 0.550. The zero-order chi connectivity index (χ0) is 15.4. The molecule has 0 aliphatic carbocycles. The van der Waals surface area contributed by atoms with E-state index in [1.165, 1.54) is 6.07 Å². The first kappa shape index (κ1) is 14.8. The smallest absolute Gasteiger partial charge is 0.339 e. The van der Waals surface area contributed by atoms with Gasteiger partial charge in [0.25, 0.3) is 0 Å². The number of pyridine rings is 1. The van der Waals surface area contributed by atoms with Crippen LogP contribution in [0.5, 0.6) is 5.75 Å². The number of fused-ring (bicyclic) bond motifs is 1. The van der Waals surface area contributed by atoms with Crippen molar-refractivity contribution in [1.82, 2.24) is 4.98 Å².